The predicted octanol–water partition coefficient (Wildman–Crippen LogP) is 7.96. The lowest BCUT2D eigenvalue weighted by atomic mass is 10.0. The van der Waals surface area contributed by atoms with E-state index in [0.29, 0.717) is 50.2 Å². The van der Waals surface area contributed by atoms with Gasteiger partial charge in [0.05, 0.1) is 33.0 Å². The zero-order chi connectivity index (χ0) is 30.0. The number of fused-ring (bicyclic) bond motifs is 3. The number of anilines is 1. The molecule has 226 valence electrons. The number of carboxylic acids is 1. The van der Waals surface area contributed by atoms with Gasteiger partial charge in [-0.05, 0) is 49.9 Å². The van der Waals surface area contributed by atoms with Crippen LogP contribution >= 0.6 is 34.5 Å². The Morgan fingerprint density at radius 1 is 1.19 bits per heavy atom. The highest BCUT2D eigenvalue weighted by Crippen LogP contribution is 2.48. The molecule has 14 heteroatoms. The first-order valence-electron chi connectivity index (χ1n) is 13.7. The highest BCUT2D eigenvalue weighted by molar-refractivity contribution is 7.22. The standard InChI is InChI=1S/C29H24Cl2F3N3O5S/c30-18-2-1-3-19(31)23(18)24-17(26(42-36-24)13-4-5-13)11-40-20-9-16-6-15(20)10-37(16)28-35-25-21(41-12-29(32,33)34)7-14(27(38)39)8-22(25)43-28/h1-3,7-8,13,15-16,20H,4-6,9-12H2,(H,38,39)/t15-,16-,20+/m0/s1. The highest BCUT2D eigenvalue weighted by Gasteiger charge is 2.47. The third kappa shape index (κ3) is 5.54. The fourth-order valence-corrected chi connectivity index (χ4v) is 7.77. The minimum absolute atomic E-state index is 0.0172. The molecule has 2 aliphatic carbocycles. The molecular weight excluding hydrogens is 630 g/mol. The first kappa shape index (κ1) is 28.7. The van der Waals surface area contributed by atoms with Crippen LogP contribution in [0.3, 0.4) is 0 Å². The minimum Gasteiger partial charge on any atom is -0.482 e. The van der Waals surface area contributed by atoms with Crippen molar-refractivity contribution in [1.29, 1.82) is 0 Å². The van der Waals surface area contributed by atoms with E-state index in [1.54, 1.807) is 18.2 Å². The van der Waals surface area contributed by atoms with Gasteiger partial charge in [-0.25, -0.2) is 9.78 Å². The molecule has 0 amide bonds. The first-order chi connectivity index (χ1) is 20.6. The third-order valence-corrected chi connectivity index (χ3v) is 9.89. The second-order valence-electron chi connectivity index (χ2n) is 11.2. The van der Waals surface area contributed by atoms with Crippen molar-refractivity contribution in [2.75, 3.05) is 18.1 Å². The van der Waals surface area contributed by atoms with E-state index in [4.69, 9.17) is 37.2 Å². The molecule has 4 aromatic rings. The van der Waals surface area contributed by atoms with Crippen molar-refractivity contribution >= 4 is 55.9 Å². The van der Waals surface area contributed by atoms with Crippen molar-refractivity contribution in [2.45, 2.75) is 56.5 Å². The number of alkyl halides is 3. The number of carboxylic acid groups (broad SMARTS) is 1. The molecule has 8 nitrogen and oxygen atoms in total. The van der Waals surface area contributed by atoms with E-state index in [2.05, 4.69) is 15.0 Å². The second kappa shape index (κ2) is 10.8. The summed E-state index contributed by atoms with van der Waals surface area (Å²) in [5.74, 6) is -0.123. The average molecular weight is 654 g/mol. The molecule has 0 spiro atoms. The van der Waals surface area contributed by atoms with Gasteiger partial charge in [0.1, 0.15) is 22.7 Å². The van der Waals surface area contributed by atoms with Gasteiger partial charge in [0, 0.05) is 35.5 Å². The van der Waals surface area contributed by atoms with Crippen molar-refractivity contribution in [3.8, 4) is 17.0 Å². The molecule has 3 fully saturated rings. The summed E-state index contributed by atoms with van der Waals surface area (Å²) in [4.78, 5) is 18.3. The number of nitrogens with zero attached hydrogens (tertiary/aromatic N) is 3. The van der Waals surface area contributed by atoms with Gasteiger partial charge in [-0.2, -0.15) is 13.2 Å². The highest BCUT2D eigenvalue weighted by atomic mass is 35.5. The van der Waals surface area contributed by atoms with Crippen LogP contribution in [0.15, 0.2) is 34.9 Å². The van der Waals surface area contributed by atoms with Crippen LogP contribution in [0.5, 0.6) is 5.75 Å². The minimum atomic E-state index is -4.57. The molecular formula is C29H24Cl2F3N3O5S. The van der Waals surface area contributed by atoms with Gasteiger partial charge in [-0.3, -0.25) is 0 Å². The lowest BCUT2D eigenvalue weighted by molar-refractivity contribution is -0.153. The molecule has 7 rings (SSSR count). The quantitative estimate of drug-likeness (QED) is 0.194. The number of carbonyl (C=O) groups is 1. The number of hydrogen-bond acceptors (Lipinski definition) is 8. The molecule has 43 heavy (non-hydrogen) atoms. The number of aromatic nitrogens is 2. The normalized spacial score (nSPS) is 21.7. The van der Waals surface area contributed by atoms with Crippen molar-refractivity contribution in [1.82, 2.24) is 10.1 Å². The van der Waals surface area contributed by atoms with Crippen molar-refractivity contribution < 1.29 is 37.1 Å². The summed E-state index contributed by atoms with van der Waals surface area (Å²) < 4.78 is 56.2. The Balaban J connectivity index is 1.09. The Kier molecular flexibility index (Phi) is 7.23. The zero-order valence-electron chi connectivity index (χ0n) is 22.4. The summed E-state index contributed by atoms with van der Waals surface area (Å²) in [5, 5.41) is 15.4. The van der Waals surface area contributed by atoms with Crippen LogP contribution in [-0.2, 0) is 11.3 Å². The van der Waals surface area contributed by atoms with Crippen LogP contribution in [0.2, 0.25) is 10.0 Å². The van der Waals surface area contributed by atoms with Crippen molar-refractivity contribution in [2.24, 2.45) is 5.92 Å². The van der Waals surface area contributed by atoms with Gasteiger partial charge < -0.3 is 24.0 Å². The Morgan fingerprint density at radius 2 is 1.95 bits per heavy atom. The van der Waals surface area contributed by atoms with E-state index in [0.717, 1.165) is 43.1 Å². The molecule has 3 atom stereocenters. The maximum Gasteiger partial charge on any atom is 0.422 e. The average Bonchev–Trinajstić information content (AvgIpc) is 3.27. The number of benzene rings is 2. The number of halogens is 5. The van der Waals surface area contributed by atoms with E-state index in [-0.39, 0.29) is 34.9 Å². The van der Waals surface area contributed by atoms with E-state index in [1.807, 2.05) is 0 Å². The maximum atomic E-state index is 12.9. The van der Waals surface area contributed by atoms with Crippen LogP contribution in [-0.4, -0.2) is 52.7 Å². The molecule has 1 N–H and O–H groups in total. The van der Waals surface area contributed by atoms with E-state index >= 15 is 0 Å². The summed E-state index contributed by atoms with van der Waals surface area (Å²) in [6.45, 7) is -0.578. The monoisotopic (exact) mass is 653 g/mol. The molecule has 2 saturated carbocycles. The molecule has 3 heterocycles. The Labute approximate surface area is 257 Å². The van der Waals surface area contributed by atoms with Gasteiger partial charge in [0.2, 0.25) is 0 Å². The Morgan fingerprint density at radius 3 is 2.60 bits per heavy atom. The maximum absolute atomic E-state index is 12.9. The SMILES string of the molecule is O=C(O)c1cc(OCC(F)(F)F)c2nc(N3C[C@@H]4C[C@H]3C[C@H]4OCc3c(-c4c(Cl)cccc4Cl)noc3C3CC3)sc2c1. The molecule has 2 aromatic heterocycles. The van der Waals surface area contributed by atoms with Crippen LogP contribution in [0.1, 0.15) is 53.3 Å². The molecule has 2 bridgehead atoms. The van der Waals surface area contributed by atoms with Crippen molar-refractivity contribution in [3.63, 3.8) is 0 Å². The second-order valence-corrected chi connectivity index (χ2v) is 13.0. The van der Waals surface area contributed by atoms with Gasteiger partial charge in [-0.1, -0.05) is 45.8 Å². The van der Waals surface area contributed by atoms with Gasteiger partial charge in [0.25, 0.3) is 0 Å². The summed E-state index contributed by atoms with van der Waals surface area (Å²) in [6, 6.07) is 7.93. The number of aromatic carboxylic acids is 1. The lowest BCUT2D eigenvalue weighted by Gasteiger charge is -2.31. The topological polar surface area (TPSA) is 97.9 Å². The number of rotatable bonds is 9. The van der Waals surface area contributed by atoms with Crippen molar-refractivity contribution in [3.05, 3.63) is 57.3 Å². The Bertz CT molecular complexity index is 1700. The van der Waals surface area contributed by atoms with Crippen LogP contribution in [0.25, 0.3) is 21.5 Å². The molecule has 0 radical (unpaired) electrons. The van der Waals surface area contributed by atoms with Gasteiger partial charge >= 0.3 is 12.1 Å². The number of hydrogen-bond donors (Lipinski definition) is 1. The fourth-order valence-electron chi connectivity index (χ4n) is 6.09. The summed E-state index contributed by atoms with van der Waals surface area (Å²) in [5.41, 5.74) is 2.15. The number of thiazole rings is 1. The molecule has 0 unspecified atom stereocenters. The first-order valence-corrected chi connectivity index (χ1v) is 15.3. The van der Waals surface area contributed by atoms with Crippen LogP contribution in [0, 0.1) is 5.92 Å². The lowest BCUT2D eigenvalue weighted by Crippen LogP contribution is -2.38. The summed E-state index contributed by atoms with van der Waals surface area (Å²) >= 11 is 14.2. The molecule has 3 aliphatic rings. The van der Waals surface area contributed by atoms with Gasteiger partial charge in [-0.15, -0.1) is 0 Å². The number of piperidine rings is 1. The largest absolute Gasteiger partial charge is 0.482 e. The van der Waals surface area contributed by atoms with Crippen LogP contribution in [0.4, 0.5) is 18.3 Å². The Hall–Kier alpha value is -3.06. The van der Waals surface area contributed by atoms with E-state index < -0.39 is 18.8 Å². The summed E-state index contributed by atoms with van der Waals surface area (Å²) in [6.07, 6.45) is -0.915. The fraction of sp³-hybridized carbons (Fsp3) is 0.414. The molecule has 1 aliphatic heterocycles. The smallest absolute Gasteiger partial charge is 0.422 e. The van der Waals surface area contributed by atoms with Gasteiger partial charge in [0.15, 0.2) is 11.7 Å². The van der Waals surface area contributed by atoms with Crippen LogP contribution < -0.4 is 9.64 Å². The number of ether oxygens (including phenoxy) is 2. The zero-order valence-corrected chi connectivity index (χ0v) is 24.7. The molecule has 1 saturated heterocycles. The van der Waals surface area contributed by atoms with E-state index in [1.165, 1.54) is 17.4 Å². The predicted molar refractivity (Wildman–Crippen MR) is 154 cm³/mol. The third-order valence-electron chi connectivity index (χ3n) is 8.22. The molecule has 2 aromatic carbocycles. The summed E-state index contributed by atoms with van der Waals surface area (Å²) in [7, 11) is 0. The van der Waals surface area contributed by atoms with E-state index in [9.17, 15) is 23.1 Å².